The van der Waals surface area contributed by atoms with Gasteiger partial charge in [-0.2, -0.15) is 4.52 Å². The highest BCUT2D eigenvalue weighted by Gasteiger charge is 2.49. The number of rotatable bonds is 3. The number of nitrogens with zero attached hydrogens (tertiary/aromatic N) is 5. The van der Waals surface area contributed by atoms with Gasteiger partial charge >= 0.3 is 6.29 Å². The van der Waals surface area contributed by atoms with Crippen molar-refractivity contribution in [2.24, 2.45) is 0 Å². The van der Waals surface area contributed by atoms with Crippen LogP contribution in [-0.2, 0) is 6.42 Å². The molecule has 0 saturated carbocycles. The van der Waals surface area contributed by atoms with E-state index in [1.54, 1.807) is 4.90 Å². The molecule has 8 nitrogen and oxygen atoms in total. The lowest BCUT2D eigenvalue weighted by atomic mass is 9.92. The van der Waals surface area contributed by atoms with E-state index in [0.717, 1.165) is 0 Å². The first-order chi connectivity index (χ1) is 13.4. The van der Waals surface area contributed by atoms with Crippen molar-refractivity contribution in [3.63, 3.8) is 0 Å². The number of halogens is 4. The summed E-state index contributed by atoms with van der Waals surface area (Å²) in [6.07, 6.45) is -3.50. The summed E-state index contributed by atoms with van der Waals surface area (Å²) < 4.78 is 63.7. The summed E-state index contributed by atoms with van der Waals surface area (Å²) in [6, 6.07) is 2.84. The van der Waals surface area contributed by atoms with Crippen LogP contribution in [0.5, 0.6) is 11.5 Å². The highest BCUT2D eigenvalue weighted by atomic mass is 19.3. The molecular formula is C17H16F4N6O2. The Kier molecular flexibility index (Phi) is 3.37. The van der Waals surface area contributed by atoms with Crippen molar-refractivity contribution >= 4 is 22.5 Å². The van der Waals surface area contributed by atoms with Crippen LogP contribution >= 0.6 is 0 Å². The fraction of sp³-hybridized carbons (Fsp3) is 0.471. The molecule has 0 amide bonds. The van der Waals surface area contributed by atoms with Gasteiger partial charge in [-0.3, -0.25) is 4.90 Å². The van der Waals surface area contributed by atoms with Crippen molar-refractivity contribution in [3.05, 3.63) is 18.0 Å². The van der Waals surface area contributed by atoms with Crippen molar-refractivity contribution in [1.82, 2.24) is 24.5 Å². The molecule has 0 bridgehead atoms. The lowest BCUT2D eigenvalue weighted by Gasteiger charge is -2.48. The second-order valence-electron chi connectivity index (χ2n) is 7.89. The number of nitrogen functional groups attached to an aromatic ring is 1. The summed E-state index contributed by atoms with van der Waals surface area (Å²) in [5, 5.41) is 4.73. The van der Waals surface area contributed by atoms with Crippen molar-refractivity contribution < 1.29 is 27.0 Å². The van der Waals surface area contributed by atoms with Gasteiger partial charge in [0.1, 0.15) is 5.52 Å². The molecule has 2 aliphatic heterocycles. The number of hydrogen-bond acceptors (Lipinski definition) is 7. The molecule has 4 heterocycles. The maximum atomic E-state index is 13.4. The minimum absolute atomic E-state index is 0.0743. The number of aromatic nitrogens is 4. The van der Waals surface area contributed by atoms with Gasteiger partial charge in [0.05, 0.1) is 13.1 Å². The Morgan fingerprint density at radius 2 is 1.86 bits per heavy atom. The van der Waals surface area contributed by atoms with Gasteiger partial charge in [0.2, 0.25) is 5.95 Å². The van der Waals surface area contributed by atoms with Crippen molar-refractivity contribution in [2.45, 2.75) is 38.0 Å². The van der Waals surface area contributed by atoms with Crippen LogP contribution in [0.4, 0.5) is 23.5 Å². The van der Waals surface area contributed by atoms with Crippen LogP contribution in [0.2, 0.25) is 0 Å². The Morgan fingerprint density at radius 3 is 2.55 bits per heavy atom. The number of nitrogens with two attached hydrogens (primary N) is 1. The summed E-state index contributed by atoms with van der Waals surface area (Å²) in [6.45, 7) is 3.01. The van der Waals surface area contributed by atoms with Gasteiger partial charge in [0.25, 0.3) is 5.92 Å². The molecular weight excluding hydrogens is 396 g/mol. The fourth-order valence-electron chi connectivity index (χ4n) is 3.66. The van der Waals surface area contributed by atoms with Crippen molar-refractivity contribution in [1.29, 1.82) is 0 Å². The second-order valence-corrected chi connectivity index (χ2v) is 7.89. The molecule has 0 aliphatic carbocycles. The number of alkyl halides is 4. The van der Waals surface area contributed by atoms with Crippen LogP contribution in [0.25, 0.3) is 16.6 Å². The minimum Gasteiger partial charge on any atom is -0.395 e. The van der Waals surface area contributed by atoms with E-state index in [-0.39, 0.29) is 42.5 Å². The number of likely N-dealkylation sites (tertiary alicyclic amines) is 1. The molecule has 2 aliphatic rings. The zero-order valence-electron chi connectivity index (χ0n) is 15.4. The SMILES string of the molecule is CC(C)(Cc1nc2c3ccc4c(c3nc(N)n2n1)OC(F)(F)O4)N1CC(F)(F)C1. The van der Waals surface area contributed by atoms with E-state index >= 15 is 0 Å². The largest absolute Gasteiger partial charge is 0.586 e. The Bertz CT molecular complexity index is 1150. The monoisotopic (exact) mass is 412 g/mol. The van der Waals surface area contributed by atoms with Crippen LogP contribution in [0.1, 0.15) is 19.7 Å². The van der Waals surface area contributed by atoms with Crippen LogP contribution in [0, 0.1) is 0 Å². The molecule has 0 radical (unpaired) electrons. The third-order valence-corrected chi connectivity index (χ3v) is 5.17. The zero-order chi connectivity index (χ0) is 20.8. The van der Waals surface area contributed by atoms with Gasteiger partial charge in [-0.1, -0.05) is 0 Å². The van der Waals surface area contributed by atoms with Crippen molar-refractivity contribution in [2.75, 3.05) is 18.8 Å². The molecule has 1 fully saturated rings. The molecule has 0 spiro atoms. The first kappa shape index (κ1) is 18.2. The van der Waals surface area contributed by atoms with E-state index in [1.807, 2.05) is 13.8 Å². The second kappa shape index (κ2) is 5.38. The van der Waals surface area contributed by atoms with Crippen molar-refractivity contribution in [3.8, 4) is 11.5 Å². The van der Waals surface area contributed by atoms with Gasteiger partial charge < -0.3 is 15.2 Å². The minimum atomic E-state index is -3.79. The Hall–Kier alpha value is -2.89. The molecule has 154 valence electrons. The molecule has 2 N–H and O–H groups in total. The maximum Gasteiger partial charge on any atom is 0.586 e. The zero-order valence-corrected chi connectivity index (χ0v) is 15.4. The highest BCUT2D eigenvalue weighted by Crippen LogP contribution is 2.45. The Labute approximate surface area is 161 Å². The number of ether oxygens (including phenoxy) is 2. The van der Waals surface area contributed by atoms with Gasteiger partial charge in [-0.25, -0.2) is 18.7 Å². The third kappa shape index (κ3) is 2.81. The predicted molar refractivity (Wildman–Crippen MR) is 93.2 cm³/mol. The van der Waals surface area contributed by atoms with Gasteiger partial charge in [0.15, 0.2) is 23.0 Å². The van der Waals surface area contributed by atoms with E-state index in [9.17, 15) is 17.6 Å². The number of fused-ring (bicyclic) bond motifs is 5. The lowest BCUT2D eigenvalue weighted by molar-refractivity contribution is -0.286. The molecule has 0 atom stereocenters. The molecule has 3 aromatic rings. The summed E-state index contributed by atoms with van der Waals surface area (Å²) in [5.74, 6) is -2.77. The van der Waals surface area contributed by atoms with Gasteiger partial charge in [-0.15, -0.1) is 13.9 Å². The molecule has 2 aromatic heterocycles. The van der Waals surface area contributed by atoms with Crippen LogP contribution in [-0.4, -0.2) is 55.3 Å². The maximum absolute atomic E-state index is 13.4. The molecule has 0 unspecified atom stereocenters. The first-order valence-corrected chi connectivity index (χ1v) is 8.81. The smallest absolute Gasteiger partial charge is 0.395 e. The fourth-order valence-corrected chi connectivity index (χ4v) is 3.66. The highest BCUT2D eigenvalue weighted by molar-refractivity contribution is 5.97. The number of hydrogen-bond donors (Lipinski definition) is 1. The first-order valence-electron chi connectivity index (χ1n) is 8.81. The topological polar surface area (TPSA) is 90.8 Å². The average Bonchev–Trinajstić information content (AvgIpc) is 3.12. The summed E-state index contributed by atoms with van der Waals surface area (Å²) >= 11 is 0. The molecule has 29 heavy (non-hydrogen) atoms. The molecule has 5 rings (SSSR count). The van der Waals surface area contributed by atoms with E-state index in [4.69, 9.17) is 5.73 Å². The van der Waals surface area contributed by atoms with E-state index in [2.05, 4.69) is 24.5 Å². The standard InChI is InChI=1S/C17H16F4N6O2/c1-15(2,26-6-16(18,19)7-26)5-10-23-13-8-3-4-9-12(29-17(20,21)28-9)11(8)24-14(22)27(13)25-10/h3-4H,5-7H2,1-2H3,(H2,22,24). The summed E-state index contributed by atoms with van der Waals surface area (Å²) in [4.78, 5) is 10.2. The Morgan fingerprint density at radius 1 is 1.14 bits per heavy atom. The van der Waals surface area contributed by atoms with Gasteiger partial charge in [0, 0.05) is 17.3 Å². The van der Waals surface area contributed by atoms with Gasteiger partial charge in [-0.05, 0) is 26.0 Å². The van der Waals surface area contributed by atoms with E-state index in [0.29, 0.717) is 16.9 Å². The third-order valence-electron chi connectivity index (χ3n) is 5.17. The molecule has 1 aromatic carbocycles. The van der Waals surface area contributed by atoms with Crippen LogP contribution in [0.15, 0.2) is 12.1 Å². The predicted octanol–water partition coefficient (Wildman–Crippen LogP) is 2.45. The Balaban J connectivity index is 1.55. The quantitative estimate of drug-likeness (QED) is 0.661. The van der Waals surface area contributed by atoms with E-state index in [1.165, 1.54) is 16.6 Å². The van der Waals surface area contributed by atoms with Crippen LogP contribution in [0.3, 0.4) is 0 Å². The number of anilines is 1. The van der Waals surface area contributed by atoms with Crippen LogP contribution < -0.4 is 15.2 Å². The lowest BCUT2D eigenvalue weighted by Crippen LogP contribution is -2.64. The molecule has 1 saturated heterocycles. The normalized spacial score (nSPS) is 20.3. The number of benzene rings is 1. The average molecular weight is 412 g/mol. The molecule has 12 heteroatoms. The summed E-state index contributed by atoms with van der Waals surface area (Å²) in [5.41, 5.74) is 5.72. The van der Waals surface area contributed by atoms with E-state index < -0.39 is 17.8 Å². The summed E-state index contributed by atoms with van der Waals surface area (Å²) in [7, 11) is 0.